The van der Waals surface area contributed by atoms with Gasteiger partial charge in [0.25, 0.3) is 5.91 Å². The van der Waals surface area contributed by atoms with E-state index in [1.807, 2.05) is 0 Å². The first-order valence-electron chi connectivity index (χ1n) is 9.30. The molecule has 1 heterocycles. The molecule has 0 aliphatic carbocycles. The minimum Gasteiger partial charge on any atom is -0.366 e. The van der Waals surface area contributed by atoms with E-state index in [1.165, 1.54) is 28.8 Å². The van der Waals surface area contributed by atoms with Gasteiger partial charge < -0.3 is 15.6 Å². The quantitative estimate of drug-likeness (QED) is 0.540. The zero-order chi connectivity index (χ0) is 23.8. The molecule has 11 heteroatoms. The van der Waals surface area contributed by atoms with Crippen molar-refractivity contribution >= 4 is 22.7 Å². The van der Waals surface area contributed by atoms with Gasteiger partial charge >= 0.3 is 12.4 Å². The van der Waals surface area contributed by atoms with Gasteiger partial charge in [-0.1, -0.05) is 12.1 Å². The molecule has 0 fully saturated rings. The Morgan fingerprint density at radius 1 is 1.03 bits per heavy atom. The van der Waals surface area contributed by atoms with Crippen LogP contribution >= 0.6 is 0 Å². The molecule has 0 spiro atoms. The van der Waals surface area contributed by atoms with Crippen molar-refractivity contribution in [3.63, 3.8) is 0 Å². The summed E-state index contributed by atoms with van der Waals surface area (Å²) >= 11 is 0. The van der Waals surface area contributed by atoms with Crippen LogP contribution in [0.5, 0.6) is 0 Å². The largest absolute Gasteiger partial charge is 0.416 e. The van der Waals surface area contributed by atoms with E-state index in [0.29, 0.717) is 23.0 Å². The third kappa shape index (κ3) is 4.56. The SMILES string of the molecule is CCn1c(C(=O)NC(c2cccc(C(F)(F)F)c2)C(F)(F)F)cc2cc(C(N)=O)ccc21. The highest BCUT2D eigenvalue weighted by Crippen LogP contribution is 2.36. The van der Waals surface area contributed by atoms with Crippen LogP contribution in [0, 0.1) is 0 Å². The number of fused-ring (bicyclic) bond motifs is 1. The second-order valence-corrected chi connectivity index (χ2v) is 6.98. The number of carbonyl (C=O) groups is 2. The van der Waals surface area contributed by atoms with Gasteiger partial charge in [-0.05, 0) is 48.9 Å². The van der Waals surface area contributed by atoms with Gasteiger partial charge in [-0.15, -0.1) is 0 Å². The summed E-state index contributed by atoms with van der Waals surface area (Å²) in [6, 6.07) is 5.65. The molecule has 0 radical (unpaired) electrons. The molecule has 0 aliphatic rings. The summed E-state index contributed by atoms with van der Waals surface area (Å²) in [5.74, 6) is -1.85. The lowest BCUT2D eigenvalue weighted by Crippen LogP contribution is -2.39. The first kappa shape index (κ1) is 23.2. The van der Waals surface area contributed by atoms with Gasteiger partial charge in [0.2, 0.25) is 5.91 Å². The summed E-state index contributed by atoms with van der Waals surface area (Å²) in [5.41, 5.74) is 3.69. The lowest BCUT2D eigenvalue weighted by molar-refractivity contribution is -0.156. The molecular formula is C21H17F6N3O2. The maximum absolute atomic E-state index is 13.7. The fourth-order valence-electron chi connectivity index (χ4n) is 3.41. The number of aromatic nitrogens is 1. The molecule has 2 aromatic carbocycles. The van der Waals surface area contributed by atoms with Crippen molar-refractivity contribution in [2.75, 3.05) is 0 Å². The Morgan fingerprint density at radius 2 is 1.72 bits per heavy atom. The van der Waals surface area contributed by atoms with Crippen molar-refractivity contribution in [1.29, 1.82) is 0 Å². The number of hydrogen-bond acceptors (Lipinski definition) is 2. The Hall–Kier alpha value is -3.50. The molecule has 0 bridgehead atoms. The summed E-state index contributed by atoms with van der Waals surface area (Å²) in [4.78, 5) is 24.2. The van der Waals surface area contributed by atoms with Crippen LogP contribution in [0.25, 0.3) is 10.9 Å². The van der Waals surface area contributed by atoms with Crippen LogP contribution in [0.2, 0.25) is 0 Å². The minimum absolute atomic E-state index is 0.148. The van der Waals surface area contributed by atoms with E-state index >= 15 is 0 Å². The van der Waals surface area contributed by atoms with Gasteiger partial charge in [-0.2, -0.15) is 26.3 Å². The van der Waals surface area contributed by atoms with Crippen molar-refractivity contribution in [2.45, 2.75) is 31.9 Å². The predicted molar refractivity (Wildman–Crippen MR) is 104 cm³/mol. The van der Waals surface area contributed by atoms with E-state index in [4.69, 9.17) is 5.73 Å². The standard InChI is InChI=1S/C21H17F6N3O2/c1-2-30-15-7-6-12(18(28)31)8-13(15)10-16(30)19(32)29-17(21(25,26)27)11-4-3-5-14(9-11)20(22,23)24/h3-10,17H,2H2,1H3,(H2,28,31)(H,29,32). The topological polar surface area (TPSA) is 77.1 Å². The van der Waals surface area contributed by atoms with E-state index in [2.05, 4.69) is 0 Å². The summed E-state index contributed by atoms with van der Waals surface area (Å²) in [6.45, 7) is 1.87. The lowest BCUT2D eigenvalue weighted by Gasteiger charge is -2.23. The summed E-state index contributed by atoms with van der Waals surface area (Å²) in [6.07, 6.45) is -9.90. The van der Waals surface area contributed by atoms with E-state index in [0.717, 1.165) is 12.1 Å². The van der Waals surface area contributed by atoms with E-state index in [9.17, 15) is 35.9 Å². The Labute approximate surface area is 177 Å². The number of halogens is 6. The van der Waals surface area contributed by atoms with Gasteiger partial charge in [0.05, 0.1) is 5.56 Å². The lowest BCUT2D eigenvalue weighted by atomic mass is 10.0. The minimum atomic E-state index is -5.05. The molecule has 2 amide bonds. The van der Waals surface area contributed by atoms with Crippen LogP contribution < -0.4 is 11.1 Å². The maximum Gasteiger partial charge on any atom is 0.416 e. The number of hydrogen-bond donors (Lipinski definition) is 2. The second-order valence-electron chi connectivity index (χ2n) is 6.98. The van der Waals surface area contributed by atoms with Gasteiger partial charge in [0.1, 0.15) is 5.69 Å². The fourth-order valence-corrected chi connectivity index (χ4v) is 3.41. The van der Waals surface area contributed by atoms with E-state index in [-0.39, 0.29) is 17.8 Å². The molecule has 3 rings (SSSR count). The molecule has 1 aromatic heterocycles. The second kappa shape index (κ2) is 8.21. The van der Waals surface area contributed by atoms with Crippen LogP contribution in [0.3, 0.4) is 0 Å². The van der Waals surface area contributed by atoms with Gasteiger partial charge in [-0.25, -0.2) is 0 Å². The molecule has 0 saturated carbocycles. The smallest absolute Gasteiger partial charge is 0.366 e. The van der Waals surface area contributed by atoms with Crippen molar-refractivity contribution in [3.05, 3.63) is 70.9 Å². The number of amides is 2. The number of primary amides is 1. The van der Waals surface area contributed by atoms with Crippen molar-refractivity contribution in [2.24, 2.45) is 5.73 Å². The number of nitrogens with two attached hydrogens (primary N) is 1. The molecule has 5 nitrogen and oxygen atoms in total. The average Bonchev–Trinajstić information content (AvgIpc) is 3.08. The molecular weight excluding hydrogens is 440 g/mol. The van der Waals surface area contributed by atoms with Crippen molar-refractivity contribution < 1.29 is 35.9 Å². The number of nitrogens with one attached hydrogen (secondary N) is 1. The van der Waals surface area contributed by atoms with Crippen LogP contribution in [-0.2, 0) is 12.7 Å². The van der Waals surface area contributed by atoms with Crippen LogP contribution in [-0.4, -0.2) is 22.6 Å². The molecule has 1 unspecified atom stereocenters. The number of rotatable bonds is 5. The van der Waals surface area contributed by atoms with Crippen LogP contribution in [0.15, 0.2) is 48.5 Å². The summed E-state index contributed by atoms with van der Waals surface area (Å²) in [7, 11) is 0. The molecule has 3 N–H and O–H groups in total. The first-order valence-corrected chi connectivity index (χ1v) is 9.30. The zero-order valence-electron chi connectivity index (χ0n) is 16.5. The average molecular weight is 457 g/mol. The molecule has 3 aromatic rings. The number of aryl methyl sites for hydroxylation is 1. The number of carbonyl (C=O) groups excluding carboxylic acids is 2. The monoisotopic (exact) mass is 457 g/mol. The summed E-state index contributed by atoms with van der Waals surface area (Å²) < 4.78 is 81.3. The van der Waals surface area contributed by atoms with Gasteiger partial charge in [-0.3, -0.25) is 9.59 Å². The number of nitrogens with zero attached hydrogens (tertiary/aromatic N) is 1. The van der Waals surface area contributed by atoms with E-state index in [1.54, 1.807) is 12.2 Å². The Morgan fingerprint density at radius 3 is 2.28 bits per heavy atom. The Bertz CT molecular complexity index is 1180. The van der Waals surface area contributed by atoms with Crippen LogP contribution in [0.4, 0.5) is 26.3 Å². The fraction of sp³-hybridized carbons (Fsp3) is 0.238. The highest BCUT2D eigenvalue weighted by atomic mass is 19.4. The zero-order valence-corrected chi connectivity index (χ0v) is 16.5. The molecule has 0 aliphatic heterocycles. The van der Waals surface area contributed by atoms with Crippen LogP contribution in [0.1, 0.15) is 44.9 Å². The number of benzene rings is 2. The predicted octanol–water partition coefficient (Wildman–Crippen LogP) is 4.81. The highest BCUT2D eigenvalue weighted by Gasteiger charge is 2.43. The number of alkyl halides is 6. The van der Waals surface area contributed by atoms with Gasteiger partial charge in [0, 0.05) is 23.0 Å². The Balaban J connectivity index is 2.02. The molecule has 170 valence electrons. The molecule has 32 heavy (non-hydrogen) atoms. The highest BCUT2D eigenvalue weighted by molar-refractivity contribution is 6.02. The normalized spacial score (nSPS) is 13.2. The Kier molecular flexibility index (Phi) is 5.94. The van der Waals surface area contributed by atoms with E-state index < -0.39 is 41.3 Å². The van der Waals surface area contributed by atoms with Crippen molar-refractivity contribution in [1.82, 2.24) is 9.88 Å². The van der Waals surface area contributed by atoms with Crippen molar-refractivity contribution in [3.8, 4) is 0 Å². The third-order valence-electron chi connectivity index (χ3n) is 4.88. The molecule has 1 atom stereocenters. The molecule has 0 saturated heterocycles. The maximum atomic E-state index is 13.7. The summed E-state index contributed by atoms with van der Waals surface area (Å²) in [5, 5.41) is 2.20. The van der Waals surface area contributed by atoms with Gasteiger partial charge in [0.15, 0.2) is 6.04 Å². The third-order valence-corrected chi connectivity index (χ3v) is 4.88. The first-order chi connectivity index (χ1) is 14.8.